The summed E-state index contributed by atoms with van der Waals surface area (Å²) >= 11 is 0. The van der Waals surface area contributed by atoms with Crippen molar-refractivity contribution in [3.8, 4) is 22.3 Å². The zero-order valence-electron chi connectivity index (χ0n) is 40.2. The van der Waals surface area contributed by atoms with Gasteiger partial charge >= 0.3 is 0 Å². The van der Waals surface area contributed by atoms with Crippen LogP contribution in [0.25, 0.3) is 34.4 Å². The van der Waals surface area contributed by atoms with E-state index in [-0.39, 0.29) is 5.41 Å². The van der Waals surface area contributed by atoms with E-state index in [0.29, 0.717) is 0 Å². The van der Waals surface area contributed by atoms with Gasteiger partial charge in [0.2, 0.25) is 0 Å². The number of hydrogen-bond acceptors (Lipinski definition) is 1. The van der Waals surface area contributed by atoms with Crippen molar-refractivity contribution in [3.63, 3.8) is 0 Å². The topological polar surface area (TPSA) is 3.24 Å². The van der Waals surface area contributed by atoms with E-state index in [9.17, 15) is 0 Å². The monoisotopic (exact) mass is 848 g/mol. The molecule has 0 aliphatic heterocycles. The van der Waals surface area contributed by atoms with E-state index >= 15 is 0 Å². The molecular weight excluding hydrogens is 771 g/mol. The molecule has 64 heavy (non-hydrogen) atoms. The van der Waals surface area contributed by atoms with E-state index in [4.69, 9.17) is 0 Å². The van der Waals surface area contributed by atoms with Gasteiger partial charge in [0.05, 0.1) is 0 Å². The quantitative estimate of drug-likeness (QED) is 0.0410. The number of rotatable bonds is 25. The van der Waals surface area contributed by atoms with E-state index < -0.39 is 0 Å². The molecule has 0 saturated heterocycles. The molecule has 0 spiro atoms. The van der Waals surface area contributed by atoms with Gasteiger partial charge in [-0.25, -0.2) is 0 Å². The lowest BCUT2D eigenvalue weighted by Crippen LogP contribution is -2.25. The number of fused-ring (bicyclic) bond motifs is 3. The highest BCUT2D eigenvalue weighted by Gasteiger charge is 2.42. The zero-order valence-corrected chi connectivity index (χ0v) is 40.2. The summed E-state index contributed by atoms with van der Waals surface area (Å²) < 4.78 is 0. The minimum Gasteiger partial charge on any atom is -0.311 e. The van der Waals surface area contributed by atoms with Gasteiger partial charge < -0.3 is 4.90 Å². The van der Waals surface area contributed by atoms with Crippen molar-refractivity contribution in [1.82, 2.24) is 0 Å². The largest absolute Gasteiger partial charge is 0.311 e. The summed E-state index contributed by atoms with van der Waals surface area (Å²) in [6.07, 6.45) is 29.8. The minimum atomic E-state index is 0.0698. The summed E-state index contributed by atoms with van der Waals surface area (Å²) in [6, 6.07) is 50.9. The van der Waals surface area contributed by atoms with Crippen molar-refractivity contribution in [2.24, 2.45) is 0 Å². The average molecular weight is 848 g/mol. The van der Waals surface area contributed by atoms with Crippen LogP contribution in [0.5, 0.6) is 0 Å². The lowest BCUT2D eigenvalue weighted by molar-refractivity contribution is 0.397. The minimum absolute atomic E-state index is 0.0698. The Kier molecular flexibility index (Phi) is 17.3. The third-order valence-corrected chi connectivity index (χ3v) is 14.2. The van der Waals surface area contributed by atoms with Crippen molar-refractivity contribution in [2.45, 2.75) is 162 Å². The second kappa shape index (κ2) is 23.7. The van der Waals surface area contributed by atoms with E-state index in [1.54, 1.807) is 11.1 Å². The maximum Gasteiger partial charge on any atom is 0.0462 e. The van der Waals surface area contributed by atoms with E-state index in [1.807, 2.05) is 0 Å². The van der Waals surface area contributed by atoms with Crippen LogP contribution < -0.4 is 4.90 Å². The average Bonchev–Trinajstić information content (AvgIpc) is 3.59. The predicted molar refractivity (Wildman–Crippen MR) is 281 cm³/mol. The molecule has 1 nitrogen and oxygen atoms in total. The van der Waals surface area contributed by atoms with Crippen LogP contribution in [0.1, 0.15) is 175 Å². The molecule has 0 fully saturated rings. The van der Waals surface area contributed by atoms with E-state index in [2.05, 4.69) is 185 Å². The molecule has 1 heteroatoms. The van der Waals surface area contributed by atoms with Crippen LogP contribution in [0, 0.1) is 13.8 Å². The molecule has 7 rings (SSSR count). The maximum absolute atomic E-state index is 2.61. The van der Waals surface area contributed by atoms with Gasteiger partial charge in [-0.15, -0.1) is 0 Å². The van der Waals surface area contributed by atoms with Gasteiger partial charge in [-0.05, 0) is 126 Å². The van der Waals surface area contributed by atoms with E-state index in [1.165, 1.54) is 166 Å². The Morgan fingerprint density at radius 1 is 0.391 bits per heavy atom. The number of nitrogens with zero attached hydrogens (tertiary/aromatic N) is 1. The Bertz CT molecular complexity index is 2320. The fourth-order valence-corrected chi connectivity index (χ4v) is 10.3. The smallest absolute Gasteiger partial charge is 0.0462 e. The summed E-state index contributed by atoms with van der Waals surface area (Å²) in [6.45, 7) is 11.3. The number of unbranched alkanes of at least 4 members (excludes halogenated alkanes) is 14. The van der Waals surface area contributed by atoms with Crippen LogP contribution in [0.4, 0.5) is 17.1 Å². The molecule has 0 N–H and O–H groups in total. The molecule has 1 aliphatic rings. The van der Waals surface area contributed by atoms with Crippen molar-refractivity contribution in [3.05, 3.63) is 172 Å². The summed E-state index contributed by atoms with van der Waals surface area (Å²) in [4.78, 5) is 2.39. The zero-order chi connectivity index (χ0) is 44.6. The standard InChI is InChI=1S/C63H77N/c1-6-9-11-13-15-17-19-21-45-63(46-22-20-18-16-14-12-10-7-2)61-47-50(5)25-43-59(61)60-44-36-55(48-62(60)63)54-34-41-58(42-35-54)64(56-37-23-49(4)24-38-56)57-39-32-53(33-40-57)31-30-52-28-26-51(8-3)27-29-52/h23-44,47-48H,6-22,45-46H2,1-5H3/b31-30+. The Labute approximate surface area is 389 Å². The summed E-state index contributed by atoms with van der Waals surface area (Å²) in [5, 5.41) is 0. The molecule has 334 valence electrons. The molecule has 0 bridgehead atoms. The molecule has 1 aliphatic carbocycles. The van der Waals surface area contributed by atoms with Gasteiger partial charge in [-0.3, -0.25) is 0 Å². The molecule has 0 radical (unpaired) electrons. The first-order chi connectivity index (χ1) is 31.4. The number of anilines is 3. The second-order valence-corrected chi connectivity index (χ2v) is 19.1. The Balaban J connectivity index is 1.16. The van der Waals surface area contributed by atoms with Gasteiger partial charge in [0.1, 0.15) is 0 Å². The molecule has 0 heterocycles. The number of hydrogen-bond donors (Lipinski definition) is 0. The van der Waals surface area contributed by atoms with Gasteiger partial charge in [0.25, 0.3) is 0 Å². The molecule has 0 saturated carbocycles. The Morgan fingerprint density at radius 3 is 1.31 bits per heavy atom. The molecule has 0 unspecified atom stereocenters. The lowest BCUT2D eigenvalue weighted by atomic mass is 9.70. The van der Waals surface area contributed by atoms with Crippen LogP contribution >= 0.6 is 0 Å². The molecule has 0 atom stereocenters. The predicted octanol–water partition coefficient (Wildman–Crippen LogP) is 19.5. The highest BCUT2D eigenvalue weighted by Crippen LogP contribution is 2.55. The number of benzene rings is 6. The first-order valence-electron chi connectivity index (χ1n) is 25.5. The first-order valence-corrected chi connectivity index (χ1v) is 25.5. The van der Waals surface area contributed by atoms with E-state index in [0.717, 1.165) is 23.5 Å². The number of aryl methyl sites for hydroxylation is 3. The molecule has 6 aromatic rings. The molecule has 6 aromatic carbocycles. The highest BCUT2D eigenvalue weighted by atomic mass is 15.1. The van der Waals surface area contributed by atoms with Gasteiger partial charge in [0, 0.05) is 22.5 Å². The molecule has 0 amide bonds. The highest BCUT2D eigenvalue weighted by molar-refractivity contribution is 5.85. The third-order valence-electron chi connectivity index (χ3n) is 14.2. The third kappa shape index (κ3) is 11.9. The summed E-state index contributed by atoms with van der Waals surface area (Å²) in [7, 11) is 0. The Hall–Kier alpha value is -5.14. The lowest BCUT2D eigenvalue weighted by Gasteiger charge is -2.33. The molecular formula is C63H77N. The van der Waals surface area contributed by atoms with Crippen LogP contribution in [0.3, 0.4) is 0 Å². The van der Waals surface area contributed by atoms with Crippen molar-refractivity contribution >= 4 is 29.2 Å². The fraction of sp³-hybridized carbons (Fsp3) is 0.397. The first kappa shape index (κ1) is 46.8. The van der Waals surface area contributed by atoms with Crippen molar-refractivity contribution in [1.29, 1.82) is 0 Å². The van der Waals surface area contributed by atoms with Gasteiger partial charge in [-0.2, -0.15) is 0 Å². The van der Waals surface area contributed by atoms with Gasteiger partial charge in [0.15, 0.2) is 0 Å². The maximum atomic E-state index is 2.61. The second-order valence-electron chi connectivity index (χ2n) is 19.1. The van der Waals surface area contributed by atoms with Crippen LogP contribution in [-0.2, 0) is 11.8 Å². The fourth-order valence-electron chi connectivity index (χ4n) is 10.3. The van der Waals surface area contributed by atoms with Crippen LogP contribution in [-0.4, -0.2) is 0 Å². The summed E-state index contributed by atoms with van der Waals surface area (Å²) in [5.41, 5.74) is 18.7. The van der Waals surface area contributed by atoms with Crippen molar-refractivity contribution in [2.75, 3.05) is 4.90 Å². The normalized spacial score (nSPS) is 12.8. The summed E-state index contributed by atoms with van der Waals surface area (Å²) in [5.74, 6) is 0. The SMILES string of the molecule is CCCCCCCCCCC1(CCCCCCCCCC)c2cc(C)ccc2-c2ccc(-c3ccc(N(c4ccc(C)cc4)c4ccc(/C=C/c5ccc(CC)cc5)cc4)cc3)cc21. The van der Waals surface area contributed by atoms with Crippen LogP contribution in [0.15, 0.2) is 133 Å². The van der Waals surface area contributed by atoms with Crippen molar-refractivity contribution < 1.29 is 0 Å². The Morgan fingerprint density at radius 2 is 0.797 bits per heavy atom. The van der Waals surface area contributed by atoms with Gasteiger partial charge in [-0.1, -0.05) is 238 Å². The molecule has 0 aromatic heterocycles. The van der Waals surface area contributed by atoms with Crippen LogP contribution in [0.2, 0.25) is 0 Å².